The van der Waals surface area contributed by atoms with Gasteiger partial charge in [-0.15, -0.1) is 5.10 Å². The normalized spacial score (nSPS) is 15.2. The van der Waals surface area contributed by atoms with Crippen molar-refractivity contribution < 1.29 is 14.6 Å². The molecule has 0 radical (unpaired) electrons. The molecule has 110 valence electrons. The number of hydrogen-bond donors (Lipinski definition) is 1. The lowest BCUT2D eigenvalue weighted by Gasteiger charge is -2.10. The minimum absolute atomic E-state index is 0.350. The van der Waals surface area contributed by atoms with Gasteiger partial charge in [0.05, 0.1) is 5.69 Å². The van der Waals surface area contributed by atoms with Crippen LogP contribution in [0.25, 0.3) is 5.69 Å². The van der Waals surface area contributed by atoms with Crippen LogP contribution in [-0.2, 0) is 4.79 Å². The van der Waals surface area contributed by atoms with E-state index in [2.05, 4.69) is 15.5 Å². The van der Waals surface area contributed by atoms with Gasteiger partial charge in [0, 0.05) is 5.92 Å². The van der Waals surface area contributed by atoms with Crippen LogP contribution in [0.1, 0.15) is 37.4 Å². The minimum atomic E-state index is -0.997. The van der Waals surface area contributed by atoms with Crippen molar-refractivity contribution >= 4 is 5.97 Å². The first kappa shape index (κ1) is 13.5. The third-order valence-corrected chi connectivity index (χ3v) is 3.66. The van der Waals surface area contributed by atoms with E-state index in [4.69, 9.17) is 9.84 Å². The number of benzene rings is 1. The van der Waals surface area contributed by atoms with Crippen LogP contribution < -0.4 is 4.74 Å². The molecule has 0 saturated heterocycles. The number of carbonyl (C=O) groups is 1. The van der Waals surface area contributed by atoms with Gasteiger partial charge in [-0.1, -0.05) is 12.8 Å². The Kier molecular flexibility index (Phi) is 3.81. The Morgan fingerprint density at radius 2 is 2.00 bits per heavy atom. The number of carboxylic acid groups (broad SMARTS) is 1. The first-order chi connectivity index (χ1) is 10.2. The van der Waals surface area contributed by atoms with Gasteiger partial charge >= 0.3 is 5.97 Å². The summed E-state index contributed by atoms with van der Waals surface area (Å²) < 4.78 is 6.86. The van der Waals surface area contributed by atoms with Crippen molar-refractivity contribution in [3.8, 4) is 11.4 Å². The Balaban J connectivity index is 1.78. The second kappa shape index (κ2) is 5.90. The van der Waals surface area contributed by atoms with Gasteiger partial charge in [0.1, 0.15) is 5.75 Å². The first-order valence-electron chi connectivity index (χ1n) is 6.97. The second-order valence-electron chi connectivity index (χ2n) is 5.11. The summed E-state index contributed by atoms with van der Waals surface area (Å²) in [6.07, 6.45) is 4.69. The van der Waals surface area contributed by atoms with E-state index in [1.54, 1.807) is 16.8 Å². The molecule has 0 atom stereocenters. The molecule has 0 bridgehead atoms. The van der Waals surface area contributed by atoms with E-state index in [9.17, 15) is 4.79 Å². The van der Waals surface area contributed by atoms with Crippen molar-refractivity contribution in [2.45, 2.75) is 31.6 Å². The molecular formula is C14H16N4O3. The number of ether oxygens (including phenoxy) is 1. The lowest BCUT2D eigenvalue weighted by Crippen LogP contribution is -2.10. The Morgan fingerprint density at radius 1 is 1.29 bits per heavy atom. The van der Waals surface area contributed by atoms with Crippen LogP contribution in [0.5, 0.6) is 5.75 Å². The molecule has 2 aromatic rings. The molecule has 0 aliphatic heterocycles. The average molecular weight is 288 g/mol. The Labute approximate surface area is 121 Å². The Bertz CT molecular complexity index is 617. The molecule has 7 heteroatoms. The van der Waals surface area contributed by atoms with Crippen molar-refractivity contribution in [1.82, 2.24) is 20.2 Å². The molecule has 7 nitrogen and oxygen atoms in total. The number of aromatic nitrogens is 4. The van der Waals surface area contributed by atoms with Gasteiger partial charge in [0.15, 0.2) is 12.4 Å². The van der Waals surface area contributed by atoms with Gasteiger partial charge < -0.3 is 9.84 Å². The predicted molar refractivity (Wildman–Crippen MR) is 73.5 cm³/mol. The van der Waals surface area contributed by atoms with E-state index in [-0.39, 0.29) is 6.61 Å². The average Bonchev–Trinajstić information content (AvgIpc) is 3.16. The lowest BCUT2D eigenvalue weighted by atomic mass is 10.1. The van der Waals surface area contributed by atoms with Gasteiger partial charge in [-0.05, 0) is 47.5 Å². The molecule has 1 N–H and O–H groups in total. The summed E-state index contributed by atoms with van der Waals surface area (Å²) in [5.74, 6) is 0.828. The van der Waals surface area contributed by atoms with E-state index < -0.39 is 5.97 Å². The molecule has 0 amide bonds. The number of rotatable bonds is 5. The second-order valence-corrected chi connectivity index (χ2v) is 5.11. The largest absolute Gasteiger partial charge is 0.482 e. The third kappa shape index (κ3) is 3.01. The van der Waals surface area contributed by atoms with E-state index in [1.165, 1.54) is 12.8 Å². The van der Waals surface area contributed by atoms with Crippen molar-refractivity contribution in [2.24, 2.45) is 0 Å². The van der Waals surface area contributed by atoms with Gasteiger partial charge in [-0.3, -0.25) is 0 Å². The SMILES string of the molecule is O=C(O)COc1ccc(-n2nnnc2C2CCCC2)cc1. The van der Waals surface area contributed by atoms with Crippen LogP contribution in [0.3, 0.4) is 0 Å². The van der Waals surface area contributed by atoms with Crippen LogP contribution in [0.2, 0.25) is 0 Å². The van der Waals surface area contributed by atoms with Crippen LogP contribution in [-0.4, -0.2) is 37.9 Å². The molecule has 0 unspecified atom stereocenters. The van der Waals surface area contributed by atoms with Gasteiger partial charge in [0.25, 0.3) is 0 Å². The number of carboxylic acids is 1. The predicted octanol–water partition coefficient (Wildman–Crippen LogP) is 1.78. The van der Waals surface area contributed by atoms with E-state index >= 15 is 0 Å². The number of hydrogen-bond acceptors (Lipinski definition) is 5. The number of nitrogens with zero attached hydrogens (tertiary/aromatic N) is 4. The van der Waals surface area contributed by atoms with Crippen molar-refractivity contribution in [2.75, 3.05) is 6.61 Å². The highest BCUT2D eigenvalue weighted by Gasteiger charge is 2.23. The standard InChI is InChI=1S/C14H16N4O3/c19-13(20)9-21-12-7-5-11(6-8-12)18-14(15-16-17-18)10-3-1-2-4-10/h5-8,10H,1-4,9H2,(H,19,20). The zero-order valence-corrected chi connectivity index (χ0v) is 11.5. The molecule has 0 spiro atoms. The van der Waals surface area contributed by atoms with Crippen LogP contribution >= 0.6 is 0 Å². The van der Waals surface area contributed by atoms with Crippen molar-refractivity contribution in [3.05, 3.63) is 30.1 Å². The van der Waals surface area contributed by atoms with Gasteiger partial charge in [-0.25, -0.2) is 4.79 Å². The Morgan fingerprint density at radius 3 is 2.67 bits per heavy atom. The topological polar surface area (TPSA) is 90.1 Å². The summed E-state index contributed by atoms with van der Waals surface area (Å²) in [7, 11) is 0. The fourth-order valence-corrected chi connectivity index (χ4v) is 2.65. The fourth-order valence-electron chi connectivity index (χ4n) is 2.65. The summed E-state index contributed by atoms with van der Waals surface area (Å²) in [5.41, 5.74) is 0.851. The van der Waals surface area contributed by atoms with Crippen LogP contribution in [0.4, 0.5) is 0 Å². The van der Waals surface area contributed by atoms with Gasteiger partial charge in [0.2, 0.25) is 0 Å². The van der Waals surface area contributed by atoms with Crippen molar-refractivity contribution in [3.63, 3.8) is 0 Å². The summed E-state index contributed by atoms with van der Waals surface area (Å²) >= 11 is 0. The maximum Gasteiger partial charge on any atom is 0.341 e. The lowest BCUT2D eigenvalue weighted by molar-refractivity contribution is -0.139. The summed E-state index contributed by atoms with van der Waals surface area (Å²) in [4.78, 5) is 10.5. The summed E-state index contributed by atoms with van der Waals surface area (Å²) in [6.45, 7) is -0.350. The van der Waals surface area contributed by atoms with Crippen molar-refractivity contribution in [1.29, 1.82) is 0 Å². The molecule has 1 aromatic heterocycles. The van der Waals surface area contributed by atoms with Gasteiger partial charge in [-0.2, -0.15) is 4.68 Å². The summed E-state index contributed by atoms with van der Waals surface area (Å²) in [5, 5.41) is 20.6. The van der Waals surface area contributed by atoms with Crippen LogP contribution in [0.15, 0.2) is 24.3 Å². The highest BCUT2D eigenvalue weighted by molar-refractivity contribution is 5.68. The minimum Gasteiger partial charge on any atom is -0.482 e. The Hall–Kier alpha value is -2.44. The number of tetrazole rings is 1. The third-order valence-electron chi connectivity index (χ3n) is 3.66. The maximum atomic E-state index is 10.5. The van der Waals surface area contributed by atoms with E-state index in [0.29, 0.717) is 11.7 Å². The molecule has 21 heavy (non-hydrogen) atoms. The molecule has 3 rings (SSSR count). The van der Waals surface area contributed by atoms with Crippen LogP contribution in [0, 0.1) is 0 Å². The number of aliphatic carboxylic acids is 1. The molecule has 1 aliphatic carbocycles. The maximum absolute atomic E-state index is 10.5. The quantitative estimate of drug-likeness (QED) is 0.902. The highest BCUT2D eigenvalue weighted by Crippen LogP contribution is 2.33. The van der Waals surface area contributed by atoms with E-state index in [0.717, 1.165) is 24.4 Å². The molecule has 1 fully saturated rings. The highest BCUT2D eigenvalue weighted by atomic mass is 16.5. The molecule has 1 aromatic carbocycles. The molecule has 1 heterocycles. The summed E-state index contributed by atoms with van der Waals surface area (Å²) in [6, 6.07) is 7.09. The smallest absolute Gasteiger partial charge is 0.341 e. The molecule has 1 saturated carbocycles. The molecule has 1 aliphatic rings. The van der Waals surface area contributed by atoms with E-state index in [1.807, 2.05) is 12.1 Å². The fraction of sp³-hybridized carbons (Fsp3) is 0.429. The zero-order chi connectivity index (χ0) is 14.7. The monoisotopic (exact) mass is 288 g/mol. The molecular weight excluding hydrogens is 272 g/mol. The zero-order valence-electron chi connectivity index (χ0n) is 11.5. The first-order valence-corrected chi connectivity index (χ1v) is 6.97.